The van der Waals surface area contributed by atoms with Gasteiger partial charge in [0, 0.05) is 12.2 Å². The highest BCUT2D eigenvalue weighted by atomic mass is 35.5. The van der Waals surface area contributed by atoms with Crippen LogP contribution < -0.4 is 5.32 Å². The molecule has 4 nitrogen and oxygen atoms in total. The lowest BCUT2D eigenvalue weighted by atomic mass is 10.1. The van der Waals surface area contributed by atoms with Crippen molar-refractivity contribution in [2.75, 3.05) is 11.9 Å². The SMILES string of the molecule is CCN1C(=O)/C(=C\c2cccc(NC(=O)c3ccccc3Cl)c2)SC1=S. The highest BCUT2D eigenvalue weighted by molar-refractivity contribution is 8.26. The molecule has 1 fully saturated rings. The Kier molecular flexibility index (Phi) is 5.76. The number of benzene rings is 2. The fraction of sp³-hybridized carbons (Fsp3) is 0.105. The molecule has 0 aromatic heterocycles. The molecule has 1 aliphatic rings. The topological polar surface area (TPSA) is 49.4 Å². The van der Waals surface area contributed by atoms with Crippen LogP contribution in [0.25, 0.3) is 6.08 Å². The van der Waals surface area contributed by atoms with Gasteiger partial charge in [0.2, 0.25) is 0 Å². The van der Waals surface area contributed by atoms with Crippen molar-refractivity contribution in [1.29, 1.82) is 0 Å². The highest BCUT2D eigenvalue weighted by Gasteiger charge is 2.30. The average Bonchev–Trinajstić information content (AvgIpc) is 2.88. The first-order valence-electron chi connectivity index (χ1n) is 7.91. The van der Waals surface area contributed by atoms with E-state index in [1.165, 1.54) is 11.8 Å². The van der Waals surface area contributed by atoms with Crippen LogP contribution in [0.5, 0.6) is 0 Å². The van der Waals surface area contributed by atoms with Gasteiger partial charge in [0.05, 0.1) is 15.5 Å². The van der Waals surface area contributed by atoms with Gasteiger partial charge in [-0.25, -0.2) is 0 Å². The number of carbonyl (C=O) groups excluding carboxylic acids is 2. The van der Waals surface area contributed by atoms with Gasteiger partial charge in [-0.2, -0.15) is 0 Å². The maximum Gasteiger partial charge on any atom is 0.266 e. The number of rotatable bonds is 4. The Bertz CT molecular complexity index is 927. The Hall–Kier alpha value is -2.15. The van der Waals surface area contributed by atoms with E-state index in [1.54, 1.807) is 47.4 Å². The van der Waals surface area contributed by atoms with Gasteiger partial charge in [-0.1, -0.05) is 59.8 Å². The third kappa shape index (κ3) is 3.98. The molecule has 0 spiro atoms. The zero-order chi connectivity index (χ0) is 18.7. The summed E-state index contributed by atoms with van der Waals surface area (Å²) in [4.78, 5) is 26.8. The molecule has 0 aliphatic carbocycles. The second-order valence-corrected chi connectivity index (χ2v) is 7.57. The van der Waals surface area contributed by atoms with Gasteiger partial charge < -0.3 is 5.32 Å². The number of halogens is 1. The molecule has 26 heavy (non-hydrogen) atoms. The van der Waals surface area contributed by atoms with Crippen molar-refractivity contribution in [2.24, 2.45) is 0 Å². The molecular weight excluding hydrogens is 388 g/mol. The van der Waals surface area contributed by atoms with Crippen molar-refractivity contribution in [3.63, 3.8) is 0 Å². The zero-order valence-electron chi connectivity index (χ0n) is 13.9. The van der Waals surface area contributed by atoms with Crippen molar-refractivity contribution < 1.29 is 9.59 Å². The molecule has 1 heterocycles. The Morgan fingerprint density at radius 3 is 2.73 bits per heavy atom. The van der Waals surface area contributed by atoms with Crippen LogP contribution in [0.1, 0.15) is 22.8 Å². The van der Waals surface area contributed by atoms with Gasteiger partial charge in [-0.3, -0.25) is 14.5 Å². The molecule has 2 amide bonds. The summed E-state index contributed by atoms with van der Waals surface area (Å²) in [6, 6.07) is 14.1. The van der Waals surface area contributed by atoms with Crippen LogP contribution in [0.3, 0.4) is 0 Å². The lowest BCUT2D eigenvalue weighted by molar-refractivity contribution is -0.121. The first-order chi connectivity index (χ1) is 12.5. The average molecular weight is 403 g/mol. The van der Waals surface area contributed by atoms with E-state index < -0.39 is 0 Å². The summed E-state index contributed by atoms with van der Waals surface area (Å²) in [6.07, 6.45) is 1.78. The molecular formula is C19H15ClN2O2S2. The predicted molar refractivity (Wildman–Crippen MR) is 111 cm³/mol. The largest absolute Gasteiger partial charge is 0.322 e. The summed E-state index contributed by atoms with van der Waals surface area (Å²) in [7, 11) is 0. The molecule has 3 rings (SSSR count). The monoisotopic (exact) mass is 402 g/mol. The Morgan fingerprint density at radius 2 is 2.04 bits per heavy atom. The zero-order valence-corrected chi connectivity index (χ0v) is 16.3. The molecule has 1 N–H and O–H groups in total. The summed E-state index contributed by atoms with van der Waals surface area (Å²) >= 11 is 12.6. The third-order valence-electron chi connectivity index (χ3n) is 3.75. The number of likely N-dealkylation sites (N-methyl/N-ethyl adjacent to an activating group) is 1. The fourth-order valence-corrected chi connectivity index (χ4v) is 4.08. The molecule has 2 aromatic rings. The van der Waals surface area contributed by atoms with Crippen LogP contribution in [0.4, 0.5) is 5.69 Å². The number of amides is 2. The summed E-state index contributed by atoms with van der Waals surface area (Å²) in [6.45, 7) is 2.44. The summed E-state index contributed by atoms with van der Waals surface area (Å²) in [5, 5.41) is 3.22. The van der Waals surface area contributed by atoms with E-state index in [4.69, 9.17) is 23.8 Å². The normalized spacial score (nSPS) is 15.6. The number of nitrogens with zero attached hydrogens (tertiary/aromatic N) is 1. The van der Waals surface area contributed by atoms with E-state index in [-0.39, 0.29) is 11.8 Å². The third-order valence-corrected chi connectivity index (χ3v) is 5.46. The van der Waals surface area contributed by atoms with E-state index in [2.05, 4.69) is 5.32 Å². The molecule has 132 valence electrons. The van der Waals surface area contributed by atoms with Crippen LogP contribution >= 0.6 is 35.6 Å². The van der Waals surface area contributed by atoms with Gasteiger partial charge in [-0.15, -0.1) is 0 Å². The van der Waals surface area contributed by atoms with Crippen molar-refractivity contribution in [2.45, 2.75) is 6.92 Å². The second-order valence-electron chi connectivity index (χ2n) is 5.49. The molecule has 7 heteroatoms. The second kappa shape index (κ2) is 8.03. The number of thioether (sulfide) groups is 1. The molecule has 1 saturated heterocycles. The number of thiocarbonyl (C=S) groups is 1. The van der Waals surface area contributed by atoms with Crippen LogP contribution in [0.2, 0.25) is 5.02 Å². The molecule has 0 radical (unpaired) electrons. The minimum Gasteiger partial charge on any atom is -0.322 e. The molecule has 1 aliphatic heterocycles. The van der Waals surface area contributed by atoms with Crippen LogP contribution in [0.15, 0.2) is 53.4 Å². The molecule has 0 unspecified atom stereocenters. The first kappa shape index (κ1) is 18.6. The Balaban J connectivity index is 1.80. The fourth-order valence-electron chi connectivity index (χ4n) is 2.47. The lowest BCUT2D eigenvalue weighted by Gasteiger charge is -2.09. The quantitative estimate of drug-likeness (QED) is 0.588. The van der Waals surface area contributed by atoms with Crippen molar-refractivity contribution in [3.8, 4) is 0 Å². The maximum absolute atomic E-state index is 12.4. The van der Waals surface area contributed by atoms with Gasteiger partial charge in [0.1, 0.15) is 4.32 Å². The van der Waals surface area contributed by atoms with Gasteiger partial charge in [0.15, 0.2) is 0 Å². The summed E-state index contributed by atoms with van der Waals surface area (Å²) in [5.41, 5.74) is 1.83. The van der Waals surface area contributed by atoms with E-state index >= 15 is 0 Å². The van der Waals surface area contributed by atoms with E-state index in [1.807, 2.05) is 19.1 Å². The molecule has 0 bridgehead atoms. The summed E-state index contributed by atoms with van der Waals surface area (Å²) in [5.74, 6) is -0.377. The number of nitrogens with one attached hydrogen (secondary N) is 1. The van der Waals surface area contributed by atoms with Gasteiger partial charge in [0.25, 0.3) is 11.8 Å². The van der Waals surface area contributed by atoms with Crippen molar-refractivity contribution >= 4 is 63.5 Å². The van der Waals surface area contributed by atoms with Crippen LogP contribution in [-0.2, 0) is 4.79 Å². The molecule has 0 atom stereocenters. The van der Waals surface area contributed by atoms with Gasteiger partial charge in [-0.05, 0) is 42.8 Å². The number of anilines is 1. The lowest BCUT2D eigenvalue weighted by Crippen LogP contribution is -2.27. The smallest absolute Gasteiger partial charge is 0.266 e. The van der Waals surface area contributed by atoms with E-state index in [9.17, 15) is 9.59 Å². The maximum atomic E-state index is 12.4. The van der Waals surface area contributed by atoms with Crippen LogP contribution in [-0.4, -0.2) is 27.6 Å². The number of hydrogen-bond acceptors (Lipinski definition) is 4. The summed E-state index contributed by atoms with van der Waals surface area (Å²) < 4.78 is 0.562. The van der Waals surface area contributed by atoms with Gasteiger partial charge >= 0.3 is 0 Å². The van der Waals surface area contributed by atoms with E-state index in [0.717, 1.165) is 5.56 Å². The van der Waals surface area contributed by atoms with E-state index in [0.29, 0.717) is 32.0 Å². The number of hydrogen-bond donors (Lipinski definition) is 1. The molecule has 0 saturated carbocycles. The Labute approximate surface area is 166 Å². The predicted octanol–water partition coefficient (Wildman–Crippen LogP) is 4.81. The minimum absolute atomic E-state index is 0.0898. The first-order valence-corrected chi connectivity index (χ1v) is 9.51. The van der Waals surface area contributed by atoms with Crippen molar-refractivity contribution in [3.05, 3.63) is 69.6 Å². The number of carbonyl (C=O) groups is 2. The Morgan fingerprint density at radius 1 is 1.27 bits per heavy atom. The minimum atomic E-state index is -0.287. The van der Waals surface area contributed by atoms with Crippen molar-refractivity contribution in [1.82, 2.24) is 4.90 Å². The standard InChI is InChI=1S/C19H15ClN2O2S2/c1-2-22-18(24)16(26-19(22)25)11-12-6-5-7-13(10-12)21-17(23)14-8-3-4-9-15(14)20/h3-11H,2H2,1H3,(H,21,23)/b16-11+. The van der Waals surface area contributed by atoms with Crippen LogP contribution in [0, 0.1) is 0 Å². The highest BCUT2D eigenvalue weighted by Crippen LogP contribution is 2.32. The molecule has 2 aromatic carbocycles.